The molecule has 2 N–H and O–H groups in total. The van der Waals surface area contributed by atoms with Gasteiger partial charge in [-0.05, 0) is 82.6 Å². The number of carbonyl (C=O) groups excluding carboxylic acids is 3. The van der Waals surface area contributed by atoms with Crippen molar-refractivity contribution in [3.8, 4) is 0 Å². The van der Waals surface area contributed by atoms with Gasteiger partial charge in [0.05, 0.1) is 23.6 Å². The predicted octanol–water partition coefficient (Wildman–Crippen LogP) is 3.93. The van der Waals surface area contributed by atoms with Gasteiger partial charge in [-0.1, -0.05) is 0 Å². The van der Waals surface area contributed by atoms with E-state index in [0.717, 1.165) is 29.1 Å². The molecule has 6 nitrogen and oxygen atoms in total. The van der Waals surface area contributed by atoms with E-state index in [4.69, 9.17) is 4.74 Å². The number of hydrogen-bond donors (Lipinski definition) is 2. The summed E-state index contributed by atoms with van der Waals surface area (Å²) >= 11 is 1.15. The first kappa shape index (κ1) is 20.5. The van der Waals surface area contributed by atoms with Crippen molar-refractivity contribution in [2.24, 2.45) is 17.8 Å². The fourth-order valence-corrected chi connectivity index (χ4v) is 7.26. The van der Waals surface area contributed by atoms with Crippen LogP contribution < -0.4 is 10.6 Å². The molecule has 0 saturated heterocycles. The molecule has 1 aromatic rings. The minimum atomic E-state index is -0.502. The summed E-state index contributed by atoms with van der Waals surface area (Å²) in [7, 11) is 0. The van der Waals surface area contributed by atoms with E-state index in [1.807, 2.05) is 0 Å². The van der Waals surface area contributed by atoms with E-state index < -0.39 is 5.97 Å². The average molecular weight is 419 g/mol. The number of ether oxygens (including phenoxy) is 1. The van der Waals surface area contributed by atoms with Crippen LogP contribution in [0.15, 0.2) is 0 Å². The molecular formula is C22H30N2O4S. The summed E-state index contributed by atoms with van der Waals surface area (Å²) in [4.78, 5) is 37.5. The zero-order valence-electron chi connectivity index (χ0n) is 17.4. The summed E-state index contributed by atoms with van der Waals surface area (Å²) in [6.07, 6.45) is 7.60. The van der Waals surface area contributed by atoms with Crippen molar-refractivity contribution in [1.29, 1.82) is 0 Å². The molecular weight excluding hydrogens is 388 g/mol. The average Bonchev–Trinajstić information content (AvgIpc) is 2.95. The highest BCUT2D eigenvalue weighted by Crippen LogP contribution is 2.55. The van der Waals surface area contributed by atoms with Crippen LogP contribution in [0.2, 0.25) is 0 Å². The van der Waals surface area contributed by atoms with Crippen LogP contribution in [0, 0.1) is 24.7 Å². The number of ketones is 1. The smallest absolute Gasteiger partial charge is 0.341 e. The second-order valence-corrected chi connectivity index (χ2v) is 10.2. The molecule has 29 heavy (non-hydrogen) atoms. The molecule has 0 radical (unpaired) electrons. The lowest BCUT2D eigenvalue weighted by Gasteiger charge is -2.57. The highest BCUT2D eigenvalue weighted by Gasteiger charge is 2.50. The van der Waals surface area contributed by atoms with Crippen LogP contribution >= 0.6 is 11.3 Å². The molecule has 158 valence electrons. The first-order valence-electron chi connectivity index (χ1n) is 10.7. The molecule has 4 aliphatic rings. The Hall–Kier alpha value is -1.73. The van der Waals surface area contributed by atoms with Crippen LogP contribution in [-0.2, 0) is 9.53 Å². The second kappa shape index (κ2) is 7.84. The van der Waals surface area contributed by atoms with Crippen LogP contribution in [0.25, 0.3) is 0 Å². The van der Waals surface area contributed by atoms with E-state index in [1.165, 1.54) is 45.4 Å². The van der Waals surface area contributed by atoms with Crippen molar-refractivity contribution < 1.29 is 19.1 Å². The summed E-state index contributed by atoms with van der Waals surface area (Å²) in [5.74, 6) is 1.63. The van der Waals surface area contributed by atoms with Gasteiger partial charge >= 0.3 is 5.97 Å². The molecule has 4 bridgehead atoms. The molecule has 0 aliphatic heterocycles. The predicted molar refractivity (Wildman–Crippen MR) is 113 cm³/mol. The molecule has 4 saturated carbocycles. The molecule has 0 unspecified atom stereocenters. The van der Waals surface area contributed by atoms with Crippen LogP contribution in [0.3, 0.4) is 0 Å². The molecule has 1 amide bonds. The molecule has 4 aliphatic carbocycles. The molecule has 7 heteroatoms. The Labute approximate surface area is 175 Å². The van der Waals surface area contributed by atoms with Crippen molar-refractivity contribution in [2.45, 2.75) is 64.8 Å². The third kappa shape index (κ3) is 3.99. The van der Waals surface area contributed by atoms with Gasteiger partial charge in [-0.15, -0.1) is 11.3 Å². The van der Waals surface area contributed by atoms with Crippen LogP contribution in [0.1, 0.15) is 78.0 Å². The SMILES string of the molecule is CCOC(=O)c1c(NC(=O)CNC23CC4CC(CC(C4)C2)C3)sc(C(C)=O)c1C. The number of carbonyl (C=O) groups is 3. The number of nitrogens with one attached hydrogen (secondary N) is 2. The van der Waals surface area contributed by atoms with Gasteiger partial charge in [0, 0.05) is 5.54 Å². The number of esters is 1. The summed E-state index contributed by atoms with van der Waals surface area (Å²) in [5.41, 5.74) is 0.974. The van der Waals surface area contributed by atoms with E-state index in [9.17, 15) is 14.4 Å². The minimum absolute atomic E-state index is 0.103. The summed E-state index contributed by atoms with van der Waals surface area (Å²) < 4.78 is 5.14. The molecule has 5 rings (SSSR count). The Bertz CT molecular complexity index is 809. The molecule has 0 spiro atoms. The number of anilines is 1. The maximum atomic E-state index is 12.7. The number of rotatable bonds is 7. The summed E-state index contributed by atoms with van der Waals surface area (Å²) in [6, 6.07) is 0. The van der Waals surface area contributed by atoms with Crippen LogP contribution in [-0.4, -0.2) is 36.4 Å². The van der Waals surface area contributed by atoms with Gasteiger partial charge in [-0.3, -0.25) is 9.59 Å². The number of amides is 1. The maximum absolute atomic E-state index is 12.7. The Balaban J connectivity index is 1.45. The zero-order valence-corrected chi connectivity index (χ0v) is 18.2. The van der Waals surface area contributed by atoms with Gasteiger partial charge in [0.15, 0.2) is 5.78 Å². The highest BCUT2D eigenvalue weighted by atomic mass is 32.1. The van der Waals surface area contributed by atoms with E-state index in [0.29, 0.717) is 21.0 Å². The van der Waals surface area contributed by atoms with Gasteiger partial charge in [0.25, 0.3) is 0 Å². The lowest BCUT2D eigenvalue weighted by Crippen LogP contribution is -2.59. The summed E-state index contributed by atoms with van der Waals surface area (Å²) in [5, 5.41) is 6.84. The van der Waals surface area contributed by atoms with Crippen molar-refractivity contribution in [1.82, 2.24) is 5.32 Å². The van der Waals surface area contributed by atoms with Crippen molar-refractivity contribution in [3.63, 3.8) is 0 Å². The highest BCUT2D eigenvalue weighted by molar-refractivity contribution is 7.18. The van der Waals surface area contributed by atoms with E-state index >= 15 is 0 Å². The Kier molecular flexibility index (Phi) is 5.55. The molecule has 0 atom stereocenters. The van der Waals surface area contributed by atoms with Crippen LogP contribution in [0.4, 0.5) is 5.00 Å². The first-order chi connectivity index (χ1) is 13.8. The minimum Gasteiger partial charge on any atom is -0.462 e. The fourth-order valence-electron chi connectivity index (χ4n) is 6.15. The summed E-state index contributed by atoms with van der Waals surface area (Å²) in [6.45, 7) is 5.39. The van der Waals surface area contributed by atoms with E-state index in [1.54, 1.807) is 13.8 Å². The zero-order chi connectivity index (χ0) is 20.8. The largest absolute Gasteiger partial charge is 0.462 e. The Morgan fingerprint density at radius 3 is 2.21 bits per heavy atom. The number of Topliss-reactive ketones (excluding diaryl/α,β-unsaturated/α-hetero) is 1. The monoisotopic (exact) mass is 418 g/mol. The molecule has 4 fully saturated rings. The Morgan fingerprint density at radius 2 is 1.69 bits per heavy atom. The number of thiophene rings is 1. The van der Waals surface area contributed by atoms with E-state index in [-0.39, 0.29) is 30.4 Å². The normalized spacial score (nSPS) is 29.7. The van der Waals surface area contributed by atoms with Gasteiger partial charge in [0.2, 0.25) is 5.91 Å². The third-order valence-corrected chi connectivity index (χ3v) is 8.17. The molecule has 0 aromatic carbocycles. The fraction of sp³-hybridized carbons (Fsp3) is 0.682. The maximum Gasteiger partial charge on any atom is 0.341 e. The standard InChI is InChI=1S/C22H30N2O4S/c1-4-28-21(27)18-12(2)19(13(3)25)29-20(18)24-17(26)11-23-22-8-14-5-15(9-22)7-16(6-14)10-22/h14-16,23H,4-11H2,1-3H3,(H,24,26). The quantitative estimate of drug-likeness (QED) is 0.518. The topological polar surface area (TPSA) is 84.5 Å². The van der Waals surface area contributed by atoms with Gasteiger partial charge < -0.3 is 15.4 Å². The van der Waals surface area contributed by atoms with Crippen molar-refractivity contribution >= 4 is 34.0 Å². The third-order valence-electron chi connectivity index (χ3n) is 6.86. The lowest BCUT2D eigenvalue weighted by atomic mass is 9.53. The van der Waals surface area contributed by atoms with Gasteiger partial charge in [-0.2, -0.15) is 0 Å². The van der Waals surface area contributed by atoms with Gasteiger partial charge in [0.1, 0.15) is 5.00 Å². The van der Waals surface area contributed by atoms with Gasteiger partial charge in [-0.25, -0.2) is 4.79 Å². The second-order valence-electron chi connectivity index (χ2n) is 9.14. The number of hydrogen-bond acceptors (Lipinski definition) is 6. The molecule has 1 aromatic heterocycles. The van der Waals surface area contributed by atoms with Crippen molar-refractivity contribution in [3.05, 3.63) is 16.0 Å². The molecule has 1 heterocycles. The van der Waals surface area contributed by atoms with Crippen LogP contribution in [0.5, 0.6) is 0 Å². The van der Waals surface area contributed by atoms with E-state index in [2.05, 4.69) is 10.6 Å². The van der Waals surface area contributed by atoms with Crippen molar-refractivity contribution in [2.75, 3.05) is 18.5 Å². The first-order valence-corrected chi connectivity index (χ1v) is 11.5. The Morgan fingerprint density at radius 1 is 1.10 bits per heavy atom. The lowest BCUT2D eigenvalue weighted by molar-refractivity contribution is -0.116.